The Bertz CT molecular complexity index is 1990. The van der Waals surface area contributed by atoms with Gasteiger partial charge in [0, 0.05) is 26.6 Å². The fraction of sp³-hybridized carbons (Fsp3) is 0.189. The highest BCUT2D eigenvalue weighted by Gasteiger charge is 2.31. The van der Waals surface area contributed by atoms with Crippen LogP contribution < -0.4 is 19.7 Å². The number of alkyl halides is 3. The van der Waals surface area contributed by atoms with Gasteiger partial charge < -0.3 is 24.3 Å². The van der Waals surface area contributed by atoms with Crippen LogP contribution in [0.25, 0.3) is 22.3 Å². The van der Waals surface area contributed by atoms with Gasteiger partial charge in [-0.25, -0.2) is 13.2 Å². The highest BCUT2D eigenvalue weighted by atomic mass is 79.9. The van der Waals surface area contributed by atoms with Crippen molar-refractivity contribution < 1.29 is 50.6 Å². The summed E-state index contributed by atoms with van der Waals surface area (Å²) in [5.41, 5.74) is 4.36. The average molecular weight is 842 g/mol. The van der Waals surface area contributed by atoms with Crippen LogP contribution in [-0.4, -0.2) is 37.7 Å². The molecule has 0 fully saturated rings. The van der Waals surface area contributed by atoms with Crippen LogP contribution in [0.1, 0.15) is 22.3 Å². The molecule has 0 unspecified atom stereocenters. The van der Waals surface area contributed by atoms with Gasteiger partial charge in [-0.15, -0.1) is 13.2 Å². The predicted octanol–water partition coefficient (Wildman–Crippen LogP) is 10.2. The fourth-order valence-corrected chi connectivity index (χ4v) is 5.70. The van der Waals surface area contributed by atoms with E-state index in [1.807, 2.05) is 26.0 Å². The third kappa shape index (κ3) is 11.5. The summed E-state index contributed by atoms with van der Waals surface area (Å²) >= 11 is 6.82. The van der Waals surface area contributed by atoms with Crippen LogP contribution in [0.5, 0.6) is 17.2 Å². The van der Waals surface area contributed by atoms with Gasteiger partial charge in [0.1, 0.15) is 34.7 Å². The molecule has 51 heavy (non-hydrogen) atoms. The molecule has 0 aliphatic rings. The Kier molecular flexibility index (Phi) is 14.6. The van der Waals surface area contributed by atoms with E-state index in [1.54, 1.807) is 51.3 Å². The van der Waals surface area contributed by atoms with Crippen molar-refractivity contribution in [3.63, 3.8) is 0 Å². The van der Waals surface area contributed by atoms with Gasteiger partial charge in [-0.2, -0.15) is 0 Å². The standard InChI is InChI=1S/C22H17F5O2.C8H8Br2O.C7H8BFO2/c1-12-4-6-19(23)16(8-12)15-11-21(28-3)18(9-13(15)2)17-10-14(5-7-20(17)24)29-22(25,26)27;1-5-3-7(10)8(11-2)4-6(5)9;1-5-2-3-7(9)6(4-5)8(10)11/h4-11H,1-3H3;3-4H,1-2H3;2-4,10-11H,1H3. The van der Waals surface area contributed by atoms with E-state index in [0.29, 0.717) is 16.7 Å². The number of halogens is 8. The quantitative estimate of drug-likeness (QED) is 0.132. The van der Waals surface area contributed by atoms with Crippen molar-refractivity contribution in [1.82, 2.24) is 0 Å². The van der Waals surface area contributed by atoms with Gasteiger partial charge in [-0.05, 0) is 121 Å². The molecule has 0 bridgehead atoms. The van der Waals surface area contributed by atoms with Gasteiger partial charge in [0.15, 0.2) is 0 Å². The Labute approximate surface area is 309 Å². The highest BCUT2D eigenvalue weighted by molar-refractivity contribution is 9.11. The molecule has 0 aromatic heterocycles. The number of hydrogen-bond acceptors (Lipinski definition) is 5. The first-order valence-corrected chi connectivity index (χ1v) is 16.6. The van der Waals surface area contributed by atoms with Crippen molar-refractivity contribution in [1.29, 1.82) is 0 Å². The lowest BCUT2D eigenvalue weighted by Gasteiger charge is -2.16. The van der Waals surface area contributed by atoms with Crippen molar-refractivity contribution in [2.24, 2.45) is 0 Å². The maximum absolute atomic E-state index is 14.4. The molecular weight excluding hydrogens is 809 g/mol. The second-order valence-electron chi connectivity index (χ2n) is 11.2. The van der Waals surface area contributed by atoms with Crippen molar-refractivity contribution in [3.8, 4) is 39.5 Å². The normalized spacial score (nSPS) is 10.7. The van der Waals surface area contributed by atoms with Crippen LogP contribution in [0.3, 0.4) is 0 Å². The molecule has 14 heteroatoms. The lowest BCUT2D eigenvalue weighted by Crippen LogP contribution is -2.32. The second kappa shape index (κ2) is 18.0. The number of aryl methyl sites for hydroxylation is 4. The molecule has 0 amide bonds. The van der Waals surface area contributed by atoms with E-state index < -0.39 is 36.7 Å². The Morgan fingerprint density at radius 3 is 1.67 bits per heavy atom. The van der Waals surface area contributed by atoms with Crippen LogP contribution >= 0.6 is 31.9 Å². The molecule has 0 spiro atoms. The number of hydrogen-bond donors (Lipinski definition) is 2. The molecule has 0 radical (unpaired) electrons. The summed E-state index contributed by atoms with van der Waals surface area (Å²) in [6.07, 6.45) is -4.90. The molecule has 0 atom stereocenters. The molecule has 2 N–H and O–H groups in total. The van der Waals surface area contributed by atoms with E-state index >= 15 is 0 Å². The fourth-order valence-electron chi connectivity index (χ4n) is 4.76. The van der Waals surface area contributed by atoms with Crippen molar-refractivity contribution >= 4 is 44.4 Å². The average Bonchev–Trinajstić information content (AvgIpc) is 3.05. The van der Waals surface area contributed by atoms with E-state index in [0.717, 1.165) is 44.0 Å². The minimum atomic E-state index is -4.90. The molecule has 5 aromatic rings. The van der Waals surface area contributed by atoms with Gasteiger partial charge in [-0.3, -0.25) is 0 Å². The first-order valence-electron chi connectivity index (χ1n) is 15.0. The summed E-state index contributed by atoms with van der Waals surface area (Å²) in [7, 11) is 1.27. The van der Waals surface area contributed by atoms with Gasteiger partial charge in [0.2, 0.25) is 0 Å². The van der Waals surface area contributed by atoms with Crippen LogP contribution in [-0.2, 0) is 0 Å². The topological polar surface area (TPSA) is 68.2 Å². The van der Waals surface area contributed by atoms with Gasteiger partial charge in [0.25, 0.3) is 0 Å². The van der Waals surface area contributed by atoms with E-state index in [2.05, 4.69) is 36.6 Å². The zero-order valence-corrected chi connectivity index (χ0v) is 31.4. The maximum Gasteiger partial charge on any atom is 0.573 e. The van der Waals surface area contributed by atoms with Crippen LogP contribution in [0.4, 0.5) is 26.3 Å². The Morgan fingerprint density at radius 2 is 1.12 bits per heavy atom. The van der Waals surface area contributed by atoms with E-state index in [4.69, 9.17) is 19.5 Å². The maximum atomic E-state index is 14.4. The van der Waals surface area contributed by atoms with Crippen LogP contribution in [0.15, 0.2) is 87.8 Å². The molecule has 0 heterocycles. The molecule has 0 aliphatic carbocycles. The number of ether oxygens (including phenoxy) is 3. The molecule has 0 saturated carbocycles. The summed E-state index contributed by atoms with van der Waals surface area (Å²) in [5.74, 6) is -1.28. The van der Waals surface area contributed by atoms with Gasteiger partial charge >= 0.3 is 13.5 Å². The molecule has 5 aromatic carbocycles. The minimum Gasteiger partial charge on any atom is -0.496 e. The predicted molar refractivity (Wildman–Crippen MR) is 194 cm³/mol. The minimum absolute atomic E-state index is 0.0787. The number of methoxy groups -OCH3 is 2. The zero-order valence-electron chi connectivity index (χ0n) is 28.2. The molecule has 5 nitrogen and oxygen atoms in total. The molecule has 270 valence electrons. The van der Waals surface area contributed by atoms with Crippen LogP contribution in [0, 0.1) is 45.1 Å². The van der Waals surface area contributed by atoms with E-state index in [-0.39, 0.29) is 22.3 Å². The smallest absolute Gasteiger partial charge is 0.496 e. The van der Waals surface area contributed by atoms with Gasteiger partial charge in [-0.1, -0.05) is 45.3 Å². The number of benzene rings is 5. The van der Waals surface area contributed by atoms with Crippen LogP contribution in [0.2, 0.25) is 0 Å². The summed E-state index contributed by atoms with van der Waals surface area (Å²) in [4.78, 5) is 0. The van der Waals surface area contributed by atoms with Crippen molar-refractivity contribution in [2.75, 3.05) is 14.2 Å². The first kappa shape index (κ1) is 41.4. The van der Waals surface area contributed by atoms with E-state index in [1.165, 1.54) is 30.9 Å². The van der Waals surface area contributed by atoms with E-state index in [9.17, 15) is 26.3 Å². The monoisotopic (exact) mass is 840 g/mol. The second-order valence-corrected chi connectivity index (χ2v) is 12.9. The SMILES string of the molecule is COc1cc(-c2cc(C)ccc2F)c(C)cc1-c1cc(OC(F)(F)F)ccc1F.COc1cc(Br)c(C)cc1Br.Cc1ccc(F)c(B(O)O)c1. The summed E-state index contributed by atoms with van der Waals surface area (Å²) in [5, 5.41) is 17.3. The Morgan fingerprint density at radius 1 is 0.569 bits per heavy atom. The van der Waals surface area contributed by atoms with Crippen molar-refractivity contribution in [3.05, 3.63) is 128 Å². The Hall–Kier alpha value is -3.98. The Balaban J connectivity index is 0.000000260. The lowest BCUT2D eigenvalue weighted by molar-refractivity contribution is -0.274. The number of rotatable bonds is 6. The third-order valence-corrected chi connectivity index (χ3v) is 8.76. The van der Waals surface area contributed by atoms with Crippen molar-refractivity contribution in [2.45, 2.75) is 34.1 Å². The summed E-state index contributed by atoms with van der Waals surface area (Å²) in [6, 6.07) is 18.6. The summed E-state index contributed by atoms with van der Waals surface area (Å²) < 4.78 is 95.4. The highest BCUT2D eigenvalue weighted by Crippen LogP contribution is 2.40. The lowest BCUT2D eigenvalue weighted by atomic mass is 9.79. The molecular formula is C37H33BBr2F6O5. The van der Waals surface area contributed by atoms with Gasteiger partial charge in [0.05, 0.1) is 18.7 Å². The zero-order chi connectivity index (χ0) is 38.2. The first-order chi connectivity index (χ1) is 23.8. The largest absolute Gasteiger partial charge is 0.573 e. The summed E-state index contributed by atoms with van der Waals surface area (Å²) in [6.45, 7) is 7.32. The third-order valence-electron chi connectivity index (χ3n) is 7.28. The molecule has 0 saturated heterocycles. The molecule has 0 aliphatic heterocycles. The molecule has 5 rings (SSSR count).